The molecule has 1 saturated heterocycles. The highest BCUT2D eigenvalue weighted by Gasteiger charge is 2.38. The number of aliphatic hydroxyl groups excluding tert-OH is 1. The van der Waals surface area contributed by atoms with Crippen LogP contribution in [0, 0.1) is 5.82 Å². The molecule has 1 aliphatic carbocycles. The molecule has 2 aliphatic rings. The van der Waals surface area contributed by atoms with Crippen LogP contribution in [0.5, 0.6) is 0 Å². The first-order chi connectivity index (χ1) is 18.6. The maximum atomic E-state index is 15.3. The Morgan fingerprint density at radius 1 is 1.28 bits per heavy atom. The highest BCUT2D eigenvalue weighted by molar-refractivity contribution is 5.91. The van der Waals surface area contributed by atoms with Crippen LogP contribution in [0.1, 0.15) is 66.0 Å². The number of aromatic nitrogens is 2. The van der Waals surface area contributed by atoms with Crippen molar-refractivity contribution in [2.24, 2.45) is 0 Å². The normalized spacial score (nSPS) is 16.9. The van der Waals surface area contributed by atoms with Crippen LogP contribution in [0.2, 0.25) is 0 Å². The minimum atomic E-state index is -4.77. The lowest BCUT2D eigenvalue weighted by molar-refractivity contribution is -0.137. The van der Waals surface area contributed by atoms with E-state index >= 15 is 4.39 Å². The van der Waals surface area contributed by atoms with Gasteiger partial charge in [-0.15, -0.1) is 0 Å². The van der Waals surface area contributed by atoms with Gasteiger partial charge in [-0.2, -0.15) is 13.2 Å². The number of halogens is 4. The molecule has 2 aromatic rings. The van der Waals surface area contributed by atoms with Crippen molar-refractivity contribution in [1.29, 1.82) is 0 Å². The van der Waals surface area contributed by atoms with Crippen LogP contribution >= 0.6 is 0 Å². The summed E-state index contributed by atoms with van der Waals surface area (Å²) in [6.45, 7) is 5.50. The zero-order valence-corrected chi connectivity index (χ0v) is 21.6. The molecule has 1 saturated carbocycles. The van der Waals surface area contributed by atoms with E-state index in [1.54, 1.807) is 25.2 Å². The van der Waals surface area contributed by atoms with Crippen molar-refractivity contribution in [3.8, 4) is 11.3 Å². The molecule has 1 aromatic carbocycles. The molecule has 13 heteroatoms. The minimum absolute atomic E-state index is 0.000141. The molecule has 39 heavy (non-hydrogen) atoms. The van der Waals surface area contributed by atoms with Gasteiger partial charge in [0.05, 0.1) is 42.7 Å². The lowest BCUT2D eigenvalue weighted by atomic mass is 10.00. The molecule has 4 rings (SSSR count). The van der Waals surface area contributed by atoms with Crippen LogP contribution in [0.4, 0.5) is 17.6 Å². The second kappa shape index (κ2) is 11.9. The molecular formula is C26H30F4N4O5. The number of nitrogens with zero attached hydrogens (tertiary/aromatic N) is 4. The Hall–Kier alpha value is -3.13. The van der Waals surface area contributed by atoms with Crippen molar-refractivity contribution in [2.45, 2.75) is 50.7 Å². The van der Waals surface area contributed by atoms with Gasteiger partial charge >= 0.3 is 12.1 Å². The van der Waals surface area contributed by atoms with Gasteiger partial charge in [0, 0.05) is 31.5 Å². The highest BCUT2D eigenvalue weighted by Crippen LogP contribution is 2.39. The number of alkyl halides is 3. The zero-order valence-electron chi connectivity index (χ0n) is 21.6. The second-order valence-corrected chi connectivity index (χ2v) is 9.07. The molecule has 1 N–H and O–H groups in total. The number of benzene rings is 1. The SMILES string of the molecule is C=CN(C1CC1)N(C)C(CCO)c1nc(C(=O)OCC)c(C2OCCO2)c(-c2ccc(C(F)(F)F)cc2F)n1. The topological polar surface area (TPSA) is 97.3 Å². The summed E-state index contributed by atoms with van der Waals surface area (Å²) >= 11 is 0. The van der Waals surface area contributed by atoms with Crippen molar-refractivity contribution in [2.75, 3.05) is 33.5 Å². The number of hydrogen-bond donors (Lipinski definition) is 1. The first-order valence-electron chi connectivity index (χ1n) is 12.5. The van der Waals surface area contributed by atoms with Crippen molar-refractivity contribution >= 4 is 5.97 Å². The molecule has 0 amide bonds. The Morgan fingerprint density at radius 2 is 1.97 bits per heavy atom. The molecule has 0 spiro atoms. The van der Waals surface area contributed by atoms with Gasteiger partial charge in [0.2, 0.25) is 0 Å². The molecule has 2 heterocycles. The van der Waals surface area contributed by atoms with Crippen LogP contribution < -0.4 is 0 Å². The average molecular weight is 555 g/mol. The Kier molecular flexibility index (Phi) is 8.84. The fraction of sp³-hybridized carbons (Fsp3) is 0.500. The molecule has 2 fully saturated rings. The van der Waals surface area contributed by atoms with E-state index in [-0.39, 0.29) is 67.2 Å². The van der Waals surface area contributed by atoms with E-state index < -0.39 is 35.9 Å². The van der Waals surface area contributed by atoms with Gasteiger partial charge in [0.1, 0.15) is 11.6 Å². The molecule has 0 bridgehead atoms. The van der Waals surface area contributed by atoms with Gasteiger partial charge in [-0.25, -0.2) is 24.2 Å². The van der Waals surface area contributed by atoms with Crippen LogP contribution in [-0.4, -0.2) is 70.6 Å². The van der Waals surface area contributed by atoms with Gasteiger partial charge in [-0.1, -0.05) is 6.58 Å². The summed E-state index contributed by atoms with van der Waals surface area (Å²) in [6.07, 6.45) is -2.35. The van der Waals surface area contributed by atoms with Gasteiger partial charge < -0.3 is 24.3 Å². The first kappa shape index (κ1) is 28.9. The highest BCUT2D eigenvalue weighted by atomic mass is 19.4. The van der Waals surface area contributed by atoms with E-state index in [0.29, 0.717) is 6.07 Å². The summed E-state index contributed by atoms with van der Waals surface area (Å²) in [5, 5.41) is 13.5. The standard InChI is InChI=1S/C26H30F4N4O5/c1-4-34(16-7-8-16)33(3)19(10-11-35)23-31-21(17-9-6-15(14-18(17)27)26(28,29)30)20(25-38-12-13-39-25)22(32-23)24(36)37-5-2/h4,6,9,14,16,19,25,35H,1,5,7-8,10-13H2,2-3H3. The quantitative estimate of drug-likeness (QED) is 0.246. The summed E-state index contributed by atoms with van der Waals surface area (Å²) in [7, 11) is 1.74. The third-order valence-corrected chi connectivity index (χ3v) is 6.46. The lowest BCUT2D eigenvalue weighted by Gasteiger charge is -2.36. The summed E-state index contributed by atoms with van der Waals surface area (Å²) in [5.74, 6) is -2.04. The number of esters is 1. The molecule has 9 nitrogen and oxygen atoms in total. The van der Waals surface area contributed by atoms with Crippen LogP contribution in [0.15, 0.2) is 31.0 Å². The fourth-order valence-electron chi connectivity index (χ4n) is 4.47. The predicted octanol–water partition coefficient (Wildman–Crippen LogP) is 4.40. The number of rotatable bonds is 11. The van der Waals surface area contributed by atoms with Gasteiger partial charge in [0.15, 0.2) is 12.0 Å². The van der Waals surface area contributed by atoms with Crippen LogP contribution in [-0.2, 0) is 20.4 Å². The largest absolute Gasteiger partial charge is 0.461 e. The number of carbonyl (C=O) groups is 1. The zero-order chi connectivity index (χ0) is 28.3. The molecule has 1 unspecified atom stereocenters. The summed E-state index contributed by atoms with van der Waals surface area (Å²) < 4.78 is 71.5. The molecule has 1 aliphatic heterocycles. The summed E-state index contributed by atoms with van der Waals surface area (Å²) in [4.78, 5) is 22.2. The van der Waals surface area contributed by atoms with E-state index in [1.165, 1.54) is 0 Å². The van der Waals surface area contributed by atoms with E-state index in [0.717, 1.165) is 25.0 Å². The first-order valence-corrected chi connectivity index (χ1v) is 12.5. The van der Waals surface area contributed by atoms with E-state index in [1.807, 2.05) is 5.01 Å². The summed E-state index contributed by atoms with van der Waals surface area (Å²) in [6, 6.07) is 1.52. The van der Waals surface area contributed by atoms with Gasteiger partial charge in [0.25, 0.3) is 0 Å². The summed E-state index contributed by atoms with van der Waals surface area (Å²) in [5.41, 5.74) is -1.98. The lowest BCUT2D eigenvalue weighted by Crippen LogP contribution is -2.41. The van der Waals surface area contributed by atoms with Crippen molar-refractivity contribution < 1.29 is 41.7 Å². The molecule has 1 aromatic heterocycles. The van der Waals surface area contributed by atoms with Crippen LogP contribution in [0.3, 0.4) is 0 Å². The number of aliphatic hydroxyl groups is 1. The number of hydrazine groups is 1. The number of ether oxygens (including phenoxy) is 3. The van der Waals surface area contributed by atoms with E-state index in [9.17, 15) is 23.1 Å². The maximum absolute atomic E-state index is 15.3. The Labute approximate surface area is 223 Å². The molecule has 212 valence electrons. The fourth-order valence-corrected chi connectivity index (χ4v) is 4.47. The third kappa shape index (κ3) is 6.21. The number of hydrogen-bond acceptors (Lipinski definition) is 9. The van der Waals surface area contributed by atoms with Crippen LogP contribution in [0.25, 0.3) is 11.3 Å². The minimum Gasteiger partial charge on any atom is -0.461 e. The predicted molar refractivity (Wildman–Crippen MR) is 130 cm³/mol. The molecule has 1 atom stereocenters. The van der Waals surface area contributed by atoms with E-state index in [4.69, 9.17) is 14.2 Å². The third-order valence-electron chi connectivity index (χ3n) is 6.46. The van der Waals surface area contributed by atoms with Gasteiger partial charge in [-0.3, -0.25) is 0 Å². The average Bonchev–Trinajstić information content (AvgIpc) is 3.58. The van der Waals surface area contributed by atoms with E-state index in [2.05, 4.69) is 16.5 Å². The van der Waals surface area contributed by atoms with Crippen molar-refractivity contribution in [3.63, 3.8) is 0 Å². The molecular weight excluding hydrogens is 524 g/mol. The van der Waals surface area contributed by atoms with Crippen molar-refractivity contribution in [1.82, 2.24) is 20.0 Å². The molecule has 0 radical (unpaired) electrons. The second-order valence-electron chi connectivity index (χ2n) is 9.07. The number of carbonyl (C=O) groups excluding carboxylic acids is 1. The Bertz CT molecular complexity index is 1200. The Morgan fingerprint density at radius 3 is 2.51 bits per heavy atom. The maximum Gasteiger partial charge on any atom is 0.416 e. The smallest absolute Gasteiger partial charge is 0.416 e. The van der Waals surface area contributed by atoms with Crippen molar-refractivity contribution in [3.05, 3.63) is 59.4 Å². The monoisotopic (exact) mass is 554 g/mol. The Balaban J connectivity index is 1.95. The van der Waals surface area contributed by atoms with Gasteiger partial charge in [-0.05, 0) is 44.4 Å².